The molecule has 1 unspecified atom stereocenters. The van der Waals surface area contributed by atoms with Crippen molar-refractivity contribution in [1.82, 2.24) is 10.8 Å². The summed E-state index contributed by atoms with van der Waals surface area (Å²) in [6.07, 6.45) is 3.15. The predicted octanol–water partition coefficient (Wildman–Crippen LogP) is 4.14. The number of fused-ring (bicyclic) bond motifs is 3. The van der Waals surface area contributed by atoms with Gasteiger partial charge in [0.1, 0.15) is 12.1 Å². The van der Waals surface area contributed by atoms with Gasteiger partial charge in [-0.25, -0.2) is 15.1 Å². The number of carboxylic acids is 1. The van der Waals surface area contributed by atoms with Gasteiger partial charge in [0.05, 0.1) is 0 Å². The molecule has 1 atom stereocenters. The first kappa shape index (κ1) is 23.4. The summed E-state index contributed by atoms with van der Waals surface area (Å²) < 4.78 is 5.66. The summed E-state index contributed by atoms with van der Waals surface area (Å²) in [5.74, 6) is -1.81. The standard InChI is InChI=1S/C27H30N2O6/c30-24(31)23(17-12-13-17)35-29-25(32)27(14-6-1-7-15-27)28-26(33)34-16-22-20-10-4-2-8-18(20)19-9-3-5-11-21(19)22/h2-5,8-11,17,22-23H,1,6-7,12-16H2,(H,28,33)(H,29,32)(H,30,31). The van der Waals surface area contributed by atoms with Gasteiger partial charge in [0.2, 0.25) is 0 Å². The molecular formula is C27H30N2O6. The van der Waals surface area contributed by atoms with E-state index in [1.165, 1.54) is 0 Å². The first-order valence-corrected chi connectivity index (χ1v) is 12.3. The van der Waals surface area contributed by atoms with Crippen LogP contribution < -0.4 is 10.8 Å². The van der Waals surface area contributed by atoms with Crippen LogP contribution in [0.5, 0.6) is 0 Å². The minimum absolute atomic E-state index is 0.0810. The second-order valence-corrected chi connectivity index (χ2v) is 9.74. The Morgan fingerprint density at radius 2 is 1.54 bits per heavy atom. The molecule has 2 amide bonds. The SMILES string of the molecule is O=C(NC1(C(=O)NOC(C(=O)O)C2CC2)CCCCC1)OCC1c2ccccc2-c2ccccc21. The number of aliphatic carboxylic acids is 1. The summed E-state index contributed by atoms with van der Waals surface area (Å²) in [5, 5.41) is 12.2. The highest BCUT2D eigenvalue weighted by Gasteiger charge is 2.44. The Morgan fingerprint density at radius 1 is 0.943 bits per heavy atom. The van der Waals surface area contributed by atoms with Crippen LogP contribution in [0.1, 0.15) is 62.0 Å². The van der Waals surface area contributed by atoms with E-state index in [0.29, 0.717) is 12.8 Å². The van der Waals surface area contributed by atoms with Crippen LogP contribution in [0.4, 0.5) is 4.79 Å². The molecule has 35 heavy (non-hydrogen) atoms. The van der Waals surface area contributed by atoms with Gasteiger partial charge in [0.15, 0.2) is 6.10 Å². The zero-order valence-electron chi connectivity index (χ0n) is 19.5. The average Bonchev–Trinajstić information content (AvgIpc) is 3.65. The second-order valence-electron chi connectivity index (χ2n) is 9.74. The number of nitrogens with one attached hydrogen (secondary N) is 2. The molecule has 8 nitrogen and oxygen atoms in total. The lowest BCUT2D eigenvalue weighted by Gasteiger charge is -2.36. The van der Waals surface area contributed by atoms with Crippen LogP contribution in [-0.2, 0) is 19.2 Å². The minimum atomic E-state index is -1.19. The summed E-state index contributed by atoms with van der Waals surface area (Å²) in [4.78, 5) is 42.8. The van der Waals surface area contributed by atoms with Crippen molar-refractivity contribution in [3.63, 3.8) is 0 Å². The van der Waals surface area contributed by atoms with Gasteiger partial charge in [-0.15, -0.1) is 0 Å². The number of alkyl carbamates (subject to hydrolysis) is 1. The summed E-state index contributed by atoms with van der Waals surface area (Å²) in [6, 6.07) is 16.2. The lowest BCUT2D eigenvalue weighted by atomic mass is 9.81. The lowest BCUT2D eigenvalue weighted by Crippen LogP contribution is -2.60. The maximum Gasteiger partial charge on any atom is 0.408 e. The van der Waals surface area contributed by atoms with E-state index in [1.54, 1.807) is 0 Å². The van der Waals surface area contributed by atoms with Gasteiger partial charge in [-0.3, -0.25) is 9.63 Å². The highest BCUT2D eigenvalue weighted by Crippen LogP contribution is 2.44. The normalized spacial score (nSPS) is 19.2. The van der Waals surface area contributed by atoms with E-state index in [2.05, 4.69) is 22.9 Å². The Morgan fingerprint density at radius 3 is 2.11 bits per heavy atom. The Labute approximate surface area is 204 Å². The average molecular weight is 479 g/mol. The molecule has 2 saturated carbocycles. The van der Waals surface area contributed by atoms with E-state index in [4.69, 9.17) is 9.57 Å². The van der Waals surface area contributed by atoms with Crippen molar-refractivity contribution in [3.05, 3.63) is 59.7 Å². The van der Waals surface area contributed by atoms with Gasteiger partial charge in [-0.05, 0) is 53.9 Å². The zero-order chi connectivity index (χ0) is 24.4. The summed E-state index contributed by atoms with van der Waals surface area (Å²) in [6.45, 7) is 0.150. The van der Waals surface area contributed by atoms with E-state index in [1.807, 2.05) is 36.4 Å². The fourth-order valence-corrected chi connectivity index (χ4v) is 5.36. The number of amides is 2. The number of carboxylic acid groups (broad SMARTS) is 1. The molecule has 8 heteroatoms. The third-order valence-electron chi connectivity index (χ3n) is 7.40. The van der Waals surface area contributed by atoms with Crippen molar-refractivity contribution in [2.24, 2.45) is 5.92 Å². The Bertz CT molecular complexity index is 1080. The van der Waals surface area contributed by atoms with Crippen LogP contribution in [0.25, 0.3) is 11.1 Å². The third-order valence-corrected chi connectivity index (χ3v) is 7.40. The van der Waals surface area contributed by atoms with Crippen LogP contribution in [0, 0.1) is 5.92 Å². The molecule has 3 aliphatic rings. The van der Waals surface area contributed by atoms with E-state index in [9.17, 15) is 19.5 Å². The van der Waals surface area contributed by atoms with Crippen molar-refractivity contribution >= 4 is 18.0 Å². The van der Waals surface area contributed by atoms with Gasteiger partial charge >= 0.3 is 12.1 Å². The van der Waals surface area contributed by atoms with Crippen LogP contribution >= 0.6 is 0 Å². The molecule has 3 N–H and O–H groups in total. The number of hydrogen-bond acceptors (Lipinski definition) is 5. The van der Waals surface area contributed by atoms with E-state index < -0.39 is 29.6 Å². The maximum absolute atomic E-state index is 13.1. The van der Waals surface area contributed by atoms with Gasteiger partial charge in [0.25, 0.3) is 5.91 Å². The topological polar surface area (TPSA) is 114 Å². The molecule has 2 aromatic rings. The molecule has 0 aliphatic heterocycles. The second kappa shape index (κ2) is 9.70. The van der Waals surface area contributed by atoms with Gasteiger partial charge in [0, 0.05) is 5.92 Å². The highest BCUT2D eigenvalue weighted by molar-refractivity contribution is 5.89. The van der Waals surface area contributed by atoms with Crippen molar-refractivity contribution in [2.45, 2.75) is 62.5 Å². The molecule has 0 saturated heterocycles. The maximum atomic E-state index is 13.1. The molecule has 0 bridgehead atoms. The van der Waals surface area contributed by atoms with Gasteiger partial charge < -0.3 is 15.2 Å². The largest absolute Gasteiger partial charge is 0.479 e. The molecule has 5 rings (SSSR count). The number of ether oxygens (including phenoxy) is 1. The van der Waals surface area contributed by atoms with Crippen molar-refractivity contribution < 1.29 is 29.1 Å². The molecule has 2 fully saturated rings. The number of benzene rings is 2. The predicted molar refractivity (Wildman–Crippen MR) is 127 cm³/mol. The fourth-order valence-electron chi connectivity index (χ4n) is 5.36. The molecular weight excluding hydrogens is 448 g/mol. The Kier molecular flexibility index (Phi) is 6.47. The monoisotopic (exact) mass is 478 g/mol. The molecule has 2 aromatic carbocycles. The quantitative estimate of drug-likeness (QED) is 0.492. The van der Waals surface area contributed by atoms with Crippen LogP contribution in [0.15, 0.2) is 48.5 Å². The van der Waals surface area contributed by atoms with Crippen molar-refractivity contribution in [1.29, 1.82) is 0 Å². The lowest BCUT2D eigenvalue weighted by molar-refractivity contribution is -0.165. The molecule has 0 aromatic heterocycles. The van der Waals surface area contributed by atoms with Crippen LogP contribution in [-0.4, -0.2) is 41.3 Å². The summed E-state index contributed by atoms with van der Waals surface area (Å²) >= 11 is 0. The Hall–Kier alpha value is -3.39. The smallest absolute Gasteiger partial charge is 0.408 e. The summed E-state index contributed by atoms with van der Waals surface area (Å²) in [5.41, 5.74) is 5.65. The molecule has 0 radical (unpaired) electrons. The summed E-state index contributed by atoms with van der Waals surface area (Å²) in [7, 11) is 0. The molecule has 184 valence electrons. The van der Waals surface area contributed by atoms with Crippen molar-refractivity contribution in [2.75, 3.05) is 6.61 Å². The third kappa shape index (κ3) is 4.75. The van der Waals surface area contributed by atoms with Crippen LogP contribution in [0.2, 0.25) is 0 Å². The van der Waals surface area contributed by atoms with Crippen molar-refractivity contribution in [3.8, 4) is 11.1 Å². The van der Waals surface area contributed by atoms with E-state index in [-0.39, 0.29) is 18.4 Å². The first-order valence-electron chi connectivity index (χ1n) is 12.3. The van der Waals surface area contributed by atoms with Gasteiger partial charge in [-0.2, -0.15) is 0 Å². The number of hydroxylamine groups is 1. The number of carbonyl (C=O) groups is 3. The molecule has 3 aliphatic carbocycles. The number of rotatable bonds is 8. The number of hydrogen-bond donors (Lipinski definition) is 3. The fraction of sp³-hybridized carbons (Fsp3) is 0.444. The van der Waals surface area contributed by atoms with Gasteiger partial charge in [-0.1, -0.05) is 67.8 Å². The zero-order valence-corrected chi connectivity index (χ0v) is 19.5. The minimum Gasteiger partial charge on any atom is -0.479 e. The van der Waals surface area contributed by atoms with E-state index in [0.717, 1.165) is 54.4 Å². The first-order chi connectivity index (χ1) is 17.0. The highest BCUT2D eigenvalue weighted by atomic mass is 16.7. The van der Waals surface area contributed by atoms with E-state index >= 15 is 0 Å². The molecule has 0 heterocycles. The number of carbonyl (C=O) groups excluding carboxylic acids is 2. The van der Waals surface area contributed by atoms with Crippen LogP contribution in [0.3, 0.4) is 0 Å². The Balaban J connectivity index is 1.25. The molecule has 0 spiro atoms.